The molecule has 0 aromatic carbocycles. The second kappa shape index (κ2) is 5.66. The molecule has 5 nitrogen and oxygen atoms in total. The third-order valence-corrected chi connectivity index (χ3v) is 1.81. The number of hydrogen-bond acceptors (Lipinski definition) is 4. The van der Waals surface area contributed by atoms with Crippen molar-refractivity contribution in [2.45, 2.75) is 6.42 Å². The van der Waals surface area contributed by atoms with Crippen LogP contribution >= 0.6 is 15.9 Å². The highest BCUT2D eigenvalue weighted by Crippen LogP contribution is 2.13. The number of nitrogens with zero attached hydrogens (tertiary/aromatic N) is 1. The second-order valence-electron chi connectivity index (χ2n) is 2.49. The Morgan fingerprint density at radius 1 is 1.64 bits per heavy atom. The van der Waals surface area contributed by atoms with E-state index in [1.807, 2.05) is 0 Å². The quantitative estimate of drug-likeness (QED) is 0.360. The maximum Gasteiger partial charge on any atom is 0.206 e. The van der Waals surface area contributed by atoms with Crippen LogP contribution in [0.15, 0.2) is 26.4 Å². The third-order valence-electron chi connectivity index (χ3n) is 1.38. The van der Waals surface area contributed by atoms with Crippen LogP contribution in [0.1, 0.15) is 12.2 Å². The summed E-state index contributed by atoms with van der Waals surface area (Å²) in [6, 6.07) is 3.39. The first-order chi connectivity index (χ1) is 6.74. The fourth-order valence-corrected chi connectivity index (χ4v) is 1.05. The summed E-state index contributed by atoms with van der Waals surface area (Å²) < 4.78 is 5.72. The van der Waals surface area contributed by atoms with Crippen LogP contribution in [0.4, 0.5) is 0 Å². The molecule has 0 fully saturated rings. The van der Waals surface area contributed by atoms with Crippen LogP contribution in [-0.4, -0.2) is 24.2 Å². The van der Waals surface area contributed by atoms with Gasteiger partial charge in [0.2, 0.25) is 5.84 Å². The van der Waals surface area contributed by atoms with Crippen LogP contribution in [0.2, 0.25) is 0 Å². The van der Waals surface area contributed by atoms with Gasteiger partial charge in [-0.05, 0) is 28.1 Å². The van der Waals surface area contributed by atoms with Gasteiger partial charge in [0.05, 0.1) is 0 Å². The Kier molecular flexibility index (Phi) is 4.48. The zero-order valence-corrected chi connectivity index (χ0v) is 9.03. The number of furan rings is 1. The maximum atomic E-state index is 8.47. The Hall–Kier alpha value is -1.01. The van der Waals surface area contributed by atoms with Crippen LogP contribution in [0.3, 0.4) is 0 Å². The highest BCUT2D eigenvalue weighted by molar-refractivity contribution is 9.10. The van der Waals surface area contributed by atoms with E-state index in [9.17, 15) is 0 Å². The van der Waals surface area contributed by atoms with Gasteiger partial charge >= 0.3 is 0 Å². The van der Waals surface area contributed by atoms with Crippen molar-refractivity contribution in [1.29, 1.82) is 0 Å². The molecule has 0 bridgehead atoms. The van der Waals surface area contributed by atoms with E-state index in [0.29, 0.717) is 23.5 Å². The van der Waals surface area contributed by atoms with E-state index < -0.39 is 0 Å². The van der Waals surface area contributed by atoms with Crippen molar-refractivity contribution in [1.82, 2.24) is 0 Å². The average Bonchev–Trinajstić information content (AvgIpc) is 2.59. The van der Waals surface area contributed by atoms with Gasteiger partial charge in [-0.1, -0.05) is 5.16 Å². The minimum Gasteiger partial charge on any atom is -0.446 e. The molecule has 0 radical (unpaired) electrons. The van der Waals surface area contributed by atoms with Crippen molar-refractivity contribution in [2.24, 2.45) is 10.9 Å². The molecular weight excluding hydrogens is 252 g/mol. The van der Waals surface area contributed by atoms with Crippen LogP contribution < -0.4 is 5.73 Å². The Morgan fingerprint density at radius 3 is 3.00 bits per heavy atom. The van der Waals surface area contributed by atoms with Gasteiger partial charge < -0.3 is 20.1 Å². The number of halogens is 1. The monoisotopic (exact) mass is 262 g/mol. The largest absolute Gasteiger partial charge is 0.446 e. The van der Waals surface area contributed by atoms with Crippen molar-refractivity contribution in [3.8, 4) is 0 Å². The van der Waals surface area contributed by atoms with E-state index in [-0.39, 0.29) is 12.4 Å². The number of rotatable bonds is 5. The number of amidine groups is 1. The molecule has 0 atom stereocenters. The number of aliphatic hydroxyl groups excluding tert-OH is 1. The van der Waals surface area contributed by atoms with E-state index in [1.54, 1.807) is 12.1 Å². The summed E-state index contributed by atoms with van der Waals surface area (Å²) in [6.07, 6.45) is 0.526. The molecule has 1 aromatic rings. The zero-order chi connectivity index (χ0) is 10.4. The SMILES string of the molecule is N/C(=N/OCCCO)c1ccc(Br)o1. The normalized spacial score (nSPS) is 11.7. The van der Waals surface area contributed by atoms with Gasteiger partial charge in [0.25, 0.3) is 0 Å². The topological polar surface area (TPSA) is 81.0 Å². The first kappa shape index (κ1) is 11.1. The summed E-state index contributed by atoms with van der Waals surface area (Å²) in [7, 11) is 0. The molecule has 78 valence electrons. The van der Waals surface area contributed by atoms with Gasteiger partial charge in [0, 0.05) is 13.0 Å². The van der Waals surface area contributed by atoms with Gasteiger partial charge in [-0.3, -0.25) is 0 Å². The van der Waals surface area contributed by atoms with Crippen molar-refractivity contribution in [2.75, 3.05) is 13.2 Å². The van der Waals surface area contributed by atoms with E-state index in [2.05, 4.69) is 21.1 Å². The van der Waals surface area contributed by atoms with Gasteiger partial charge in [0.1, 0.15) is 6.61 Å². The van der Waals surface area contributed by atoms with E-state index in [4.69, 9.17) is 20.1 Å². The summed E-state index contributed by atoms with van der Waals surface area (Å²) in [4.78, 5) is 4.83. The summed E-state index contributed by atoms with van der Waals surface area (Å²) >= 11 is 3.14. The molecule has 0 saturated heterocycles. The highest BCUT2D eigenvalue weighted by Gasteiger charge is 2.03. The molecule has 1 rings (SSSR count). The summed E-state index contributed by atoms with van der Waals surface area (Å²) in [5.74, 6) is 0.620. The van der Waals surface area contributed by atoms with Gasteiger partial charge in [0.15, 0.2) is 10.4 Å². The highest BCUT2D eigenvalue weighted by atomic mass is 79.9. The number of nitrogens with two attached hydrogens (primary N) is 1. The molecule has 0 amide bonds. The molecule has 14 heavy (non-hydrogen) atoms. The third kappa shape index (κ3) is 3.39. The molecule has 0 saturated carbocycles. The summed E-state index contributed by atoms with van der Waals surface area (Å²) in [5, 5.41) is 12.1. The first-order valence-corrected chi connectivity index (χ1v) is 4.85. The molecule has 6 heteroatoms. The summed E-state index contributed by atoms with van der Waals surface area (Å²) in [6.45, 7) is 0.404. The van der Waals surface area contributed by atoms with Gasteiger partial charge in [-0.25, -0.2) is 0 Å². The number of oxime groups is 1. The number of aliphatic hydroxyl groups is 1. The maximum absolute atomic E-state index is 8.47. The Labute approximate surface area is 89.7 Å². The van der Waals surface area contributed by atoms with Crippen molar-refractivity contribution < 1.29 is 14.4 Å². The van der Waals surface area contributed by atoms with Crippen molar-refractivity contribution in [3.05, 3.63) is 22.6 Å². The van der Waals surface area contributed by atoms with Gasteiger partial charge in [-0.15, -0.1) is 0 Å². The molecule has 0 spiro atoms. The smallest absolute Gasteiger partial charge is 0.206 e. The zero-order valence-electron chi connectivity index (χ0n) is 7.44. The van der Waals surface area contributed by atoms with E-state index in [0.717, 1.165) is 0 Å². The van der Waals surface area contributed by atoms with Crippen LogP contribution in [-0.2, 0) is 4.84 Å². The minimum atomic E-state index is 0.0712. The molecule has 0 aliphatic carbocycles. The van der Waals surface area contributed by atoms with E-state index >= 15 is 0 Å². The Morgan fingerprint density at radius 2 is 2.43 bits per heavy atom. The van der Waals surface area contributed by atoms with Crippen LogP contribution in [0, 0.1) is 0 Å². The molecular formula is C8H11BrN2O3. The van der Waals surface area contributed by atoms with Crippen LogP contribution in [0.25, 0.3) is 0 Å². The Balaban J connectivity index is 2.44. The van der Waals surface area contributed by atoms with Crippen molar-refractivity contribution in [3.63, 3.8) is 0 Å². The molecule has 0 aliphatic heterocycles. The lowest BCUT2D eigenvalue weighted by Gasteiger charge is -1.97. The predicted octanol–water partition coefficient (Wildman–Crippen LogP) is 1.06. The lowest BCUT2D eigenvalue weighted by Crippen LogP contribution is -2.13. The number of hydrogen-bond donors (Lipinski definition) is 2. The first-order valence-electron chi connectivity index (χ1n) is 4.06. The van der Waals surface area contributed by atoms with E-state index in [1.165, 1.54) is 0 Å². The average molecular weight is 263 g/mol. The molecule has 3 N–H and O–H groups in total. The molecule has 0 aliphatic rings. The predicted molar refractivity (Wildman–Crippen MR) is 54.8 cm³/mol. The molecule has 0 unspecified atom stereocenters. The Bertz CT molecular complexity index is 311. The fourth-order valence-electron chi connectivity index (χ4n) is 0.741. The van der Waals surface area contributed by atoms with Gasteiger partial charge in [-0.2, -0.15) is 0 Å². The molecule has 1 heterocycles. The standard InChI is InChI=1S/C8H11BrN2O3/c9-7-3-2-6(14-7)8(10)11-13-5-1-4-12/h2-3,12H,1,4-5H2,(H2,10,11). The minimum absolute atomic E-state index is 0.0712. The second-order valence-corrected chi connectivity index (χ2v) is 3.27. The molecule has 1 aromatic heterocycles. The van der Waals surface area contributed by atoms with Crippen molar-refractivity contribution >= 4 is 21.8 Å². The lowest BCUT2D eigenvalue weighted by atomic mass is 10.4. The van der Waals surface area contributed by atoms with Crippen LogP contribution in [0.5, 0.6) is 0 Å². The lowest BCUT2D eigenvalue weighted by molar-refractivity contribution is 0.123. The summed E-state index contributed by atoms with van der Waals surface area (Å²) in [5.41, 5.74) is 5.54. The fraction of sp³-hybridized carbons (Fsp3) is 0.375.